The summed E-state index contributed by atoms with van der Waals surface area (Å²) in [5.41, 5.74) is -0.698. The van der Waals surface area contributed by atoms with Gasteiger partial charge in [-0.15, -0.1) is 0 Å². The van der Waals surface area contributed by atoms with E-state index in [4.69, 9.17) is 34.8 Å². The monoisotopic (exact) mass is 460 g/mol. The van der Waals surface area contributed by atoms with E-state index < -0.39 is 17.6 Å². The van der Waals surface area contributed by atoms with Gasteiger partial charge in [-0.25, -0.2) is 9.97 Å². The SMILES string of the molecule is O=C(Nc1cccc(Nc2ncc(C(F)(F)F)cc2Cl)n1)c1ccc(Cl)c(Cl)c1. The third-order valence-corrected chi connectivity index (χ3v) is 4.61. The Morgan fingerprint density at radius 2 is 1.66 bits per heavy atom. The number of pyridine rings is 2. The highest BCUT2D eigenvalue weighted by atomic mass is 35.5. The first-order chi connectivity index (χ1) is 13.6. The highest BCUT2D eigenvalue weighted by Crippen LogP contribution is 2.33. The predicted molar refractivity (Wildman–Crippen MR) is 106 cm³/mol. The molecular formula is C18H10Cl3F3N4O. The van der Waals surface area contributed by atoms with Crippen molar-refractivity contribution in [3.63, 3.8) is 0 Å². The van der Waals surface area contributed by atoms with Crippen LogP contribution in [0.4, 0.5) is 30.6 Å². The molecule has 1 aromatic carbocycles. The van der Waals surface area contributed by atoms with Gasteiger partial charge in [0.2, 0.25) is 0 Å². The maximum Gasteiger partial charge on any atom is 0.417 e. The van der Waals surface area contributed by atoms with Crippen LogP contribution < -0.4 is 10.6 Å². The molecule has 0 fully saturated rings. The number of carbonyl (C=O) groups excluding carboxylic acids is 1. The number of halogens is 6. The van der Waals surface area contributed by atoms with Crippen molar-refractivity contribution in [1.29, 1.82) is 0 Å². The summed E-state index contributed by atoms with van der Waals surface area (Å²) in [6.45, 7) is 0. The first kappa shape index (κ1) is 21.2. The third-order valence-electron chi connectivity index (χ3n) is 3.59. The summed E-state index contributed by atoms with van der Waals surface area (Å²) in [6.07, 6.45) is -3.90. The number of hydrogen-bond donors (Lipinski definition) is 2. The van der Waals surface area contributed by atoms with E-state index in [2.05, 4.69) is 20.6 Å². The van der Waals surface area contributed by atoms with Gasteiger partial charge in [0.05, 0.1) is 20.6 Å². The second-order valence-electron chi connectivity index (χ2n) is 5.67. The summed E-state index contributed by atoms with van der Waals surface area (Å²) in [4.78, 5) is 20.2. The second-order valence-corrected chi connectivity index (χ2v) is 6.89. The van der Waals surface area contributed by atoms with Crippen molar-refractivity contribution in [1.82, 2.24) is 9.97 Å². The van der Waals surface area contributed by atoms with Crippen molar-refractivity contribution < 1.29 is 18.0 Å². The van der Waals surface area contributed by atoms with Crippen LogP contribution in [0.3, 0.4) is 0 Å². The molecule has 3 aromatic rings. The summed E-state index contributed by atoms with van der Waals surface area (Å²) in [7, 11) is 0. The van der Waals surface area contributed by atoms with E-state index in [1.54, 1.807) is 6.07 Å². The average molecular weight is 462 g/mol. The van der Waals surface area contributed by atoms with Crippen molar-refractivity contribution >= 4 is 58.2 Å². The number of amides is 1. The zero-order chi connectivity index (χ0) is 21.2. The molecule has 1 amide bonds. The number of alkyl halides is 3. The van der Waals surface area contributed by atoms with Crippen molar-refractivity contribution in [2.75, 3.05) is 10.6 Å². The molecule has 0 aliphatic heterocycles. The summed E-state index contributed by atoms with van der Waals surface area (Å²) in [5, 5.41) is 5.60. The van der Waals surface area contributed by atoms with Gasteiger partial charge in [0.1, 0.15) is 17.5 Å². The molecule has 11 heteroatoms. The molecule has 0 radical (unpaired) electrons. The fourth-order valence-corrected chi connectivity index (χ4v) is 2.72. The molecule has 0 saturated carbocycles. The van der Waals surface area contributed by atoms with E-state index in [0.717, 1.165) is 6.07 Å². The van der Waals surface area contributed by atoms with Gasteiger partial charge in [-0.05, 0) is 36.4 Å². The second kappa shape index (κ2) is 8.44. The Balaban J connectivity index is 1.76. The van der Waals surface area contributed by atoms with E-state index >= 15 is 0 Å². The highest BCUT2D eigenvalue weighted by Gasteiger charge is 2.31. The number of nitrogens with zero attached hydrogens (tertiary/aromatic N) is 2. The number of nitrogens with one attached hydrogen (secondary N) is 2. The van der Waals surface area contributed by atoms with Crippen LogP contribution in [0.1, 0.15) is 15.9 Å². The molecule has 0 unspecified atom stereocenters. The lowest BCUT2D eigenvalue weighted by Gasteiger charge is -2.11. The van der Waals surface area contributed by atoms with Crippen molar-refractivity contribution in [2.45, 2.75) is 6.18 Å². The standard InChI is InChI=1S/C18H10Cl3F3N4O/c19-11-5-4-9(6-12(11)20)17(29)28-15-3-1-2-14(26-15)27-16-13(21)7-10(8-25-16)18(22,23)24/h1-8H,(H2,25,26,27,28,29). The van der Waals surface area contributed by atoms with Crippen molar-refractivity contribution in [2.24, 2.45) is 0 Å². The molecule has 0 aliphatic carbocycles. The van der Waals surface area contributed by atoms with E-state index in [0.29, 0.717) is 11.2 Å². The minimum absolute atomic E-state index is 0.0138. The third kappa shape index (κ3) is 5.29. The Labute approximate surface area is 177 Å². The van der Waals surface area contributed by atoms with Gasteiger partial charge in [0.15, 0.2) is 0 Å². The molecule has 0 atom stereocenters. The van der Waals surface area contributed by atoms with E-state index in [9.17, 15) is 18.0 Å². The van der Waals surface area contributed by atoms with Crippen molar-refractivity contribution in [3.8, 4) is 0 Å². The summed E-state index contributed by atoms with van der Waals surface area (Å²) in [6, 6.07) is 9.80. The van der Waals surface area contributed by atoms with Gasteiger partial charge in [-0.3, -0.25) is 4.79 Å². The largest absolute Gasteiger partial charge is 0.417 e. The van der Waals surface area contributed by atoms with Gasteiger partial charge < -0.3 is 10.6 Å². The van der Waals surface area contributed by atoms with E-state index in [1.807, 2.05) is 0 Å². The van der Waals surface area contributed by atoms with Gasteiger partial charge in [-0.2, -0.15) is 13.2 Å². The molecule has 0 bridgehead atoms. The van der Waals surface area contributed by atoms with Crippen LogP contribution >= 0.6 is 34.8 Å². The smallest absolute Gasteiger partial charge is 0.324 e. The number of benzene rings is 1. The van der Waals surface area contributed by atoms with Gasteiger partial charge >= 0.3 is 6.18 Å². The summed E-state index contributed by atoms with van der Waals surface area (Å²) in [5.74, 6) is -0.0840. The Hall–Kier alpha value is -2.55. The Kier molecular flexibility index (Phi) is 6.16. The molecule has 2 N–H and O–H groups in total. The zero-order valence-corrected chi connectivity index (χ0v) is 16.5. The fraction of sp³-hybridized carbons (Fsp3) is 0.0556. The lowest BCUT2D eigenvalue weighted by Crippen LogP contribution is -2.13. The minimum Gasteiger partial charge on any atom is -0.324 e. The predicted octanol–water partition coefficient (Wildman–Crippen LogP) is 6.45. The van der Waals surface area contributed by atoms with E-state index in [-0.39, 0.29) is 33.1 Å². The average Bonchev–Trinajstić information content (AvgIpc) is 2.65. The van der Waals surface area contributed by atoms with E-state index in [1.165, 1.54) is 30.3 Å². The highest BCUT2D eigenvalue weighted by molar-refractivity contribution is 6.42. The number of aromatic nitrogens is 2. The maximum absolute atomic E-state index is 12.7. The topological polar surface area (TPSA) is 66.9 Å². The molecule has 0 aliphatic rings. The molecule has 3 rings (SSSR count). The zero-order valence-electron chi connectivity index (χ0n) is 14.2. The first-order valence-corrected chi connectivity index (χ1v) is 9.00. The van der Waals surface area contributed by atoms with Crippen LogP contribution in [0.15, 0.2) is 48.7 Å². The van der Waals surface area contributed by atoms with Crippen LogP contribution in [-0.2, 0) is 6.18 Å². The lowest BCUT2D eigenvalue weighted by atomic mass is 10.2. The molecule has 150 valence electrons. The number of rotatable bonds is 4. The Morgan fingerprint density at radius 3 is 2.31 bits per heavy atom. The molecule has 5 nitrogen and oxygen atoms in total. The van der Waals surface area contributed by atoms with Crippen LogP contribution in [0.2, 0.25) is 15.1 Å². The Morgan fingerprint density at radius 1 is 0.931 bits per heavy atom. The molecule has 2 aromatic heterocycles. The Bertz CT molecular complexity index is 1080. The van der Waals surface area contributed by atoms with Gasteiger partial charge in [0.25, 0.3) is 5.91 Å². The quantitative estimate of drug-likeness (QED) is 0.468. The number of carbonyl (C=O) groups is 1. The lowest BCUT2D eigenvalue weighted by molar-refractivity contribution is -0.137. The molecular weight excluding hydrogens is 452 g/mol. The van der Waals surface area contributed by atoms with Crippen LogP contribution in [0, 0.1) is 0 Å². The minimum atomic E-state index is -4.55. The number of anilines is 3. The normalized spacial score (nSPS) is 11.2. The molecule has 29 heavy (non-hydrogen) atoms. The van der Waals surface area contributed by atoms with Crippen LogP contribution in [-0.4, -0.2) is 15.9 Å². The van der Waals surface area contributed by atoms with Crippen LogP contribution in [0.25, 0.3) is 0 Å². The molecule has 0 saturated heterocycles. The molecule has 2 heterocycles. The van der Waals surface area contributed by atoms with Crippen LogP contribution in [0.5, 0.6) is 0 Å². The summed E-state index contributed by atoms with van der Waals surface area (Å²) >= 11 is 17.6. The fourth-order valence-electron chi connectivity index (χ4n) is 2.21. The molecule has 0 spiro atoms. The van der Waals surface area contributed by atoms with Gasteiger partial charge in [0, 0.05) is 11.8 Å². The van der Waals surface area contributed by atoms with Gasteiger partial charge in [-0.1, -0.05) is 40.9 Å². The summed E-state index contributed by atoms with van der Waals surface area (Å²) < 4.78 is 38.1. The number of hydrogen-bond acceptors (Lipinski definition) is 4. The first-order valence-electron chi connectivity index (χ1n) is 7.87. The van der Waals surface area contributed by atoms with Crippen molar-refractivity contribution in [3.05, 3.63) is 74.9 Å². The maximum atomic E-state index is 12.7.